The number of benzene rings is 1. The highest BCUT2D eigenvalue weighted by atomic mass is 28.4. The molecular formula is C15H23NOSi. The molecule has 0 aliphatic heterocycles. The Morgan fingerprint density at radius 1 is 1.11 bits per heavy atom. The van der Waals surface area contributed by atoms with Crippen LogP contribution >= 0.6 is 0 Å². The van der Waals surface area contributed by atoms with Crippen LogP contribution in [0.15, 0.2) is 30.5 Å². The predicted molar refractivity (Wildman–Crippen MR) is 80.7 cm³/mol. The Morgan fingerprint density at radius 3 is 2.39 bits per heavy atom. The monoisotopic (exact) mass is 261 g/mol. The summed E-state index contributed by atoms with van der Waals surface area (Å²) in [7, 11) is 0.329. The van der Waals surface area contributed by atoms with E-state index in [1.165, 1.54) is 10.9 Å². The summed E-state index contributed by atoms with van der Waals surface area (Å²) in [6, 6.07) is 8.50. The Bertz CT molecular complexity index is 563. The molecule has 0 spiro atoms. The first-order chi connectivity index (χ1) is 8.21. The Balaban J connectivity index is 2.35. The Kier molecular flexibility index (Phi) is 3.05. The van der Waals surface area contributed by atoms with Gasteiger partial charge in [0.15, 0.2) is 0 Å². The summed E-state index contributed by atoms with van der Waals surface area (Å²) in [5, 5.41) is 1.50. The topological polar surface area (TPSA) is 14.2 Å². The van der Waals surface area contributed by atoms with Gasteiger partial charge in [-0.15, -0.1) is 0 Å². The molecule has 1 aromatic heterocycles. The highest BCUT2D eigenvalue weighted by Gasteiger charge is 2.38. The highest BCUT2D eigenvalue weighted by Crippen LogP contribution is 2.37. The summed E-state index contributed by atoms with van der Waals surface area (Å²) in [5.74, 6) is 0.996. The normalized spacial score (nSPS) is 13.0. The summed E-state index contributed by atoms with van der Waals surface area (Å²) >= 11 is 0. The Labute approximate surface area is 111 Å². The molecule has 98 valence electrons. The molecule has 1 aromatic carbocycles. The SMILES string of the molecule is Cn1ccc2ccc(O[Si](C)(C)C(C)(C)C)cc21. The van der Waals surface area contributed by atoms with Crippen molar-refractivity contribution >= 4 is 19.2 Å². The number of rotatable bonds is 2. The van der Waals surface area contributed by atoms with Gasteiger partial charge in [-0.05, 0) is 41.7 Å². The second-order valence-electron chi connectivity index (χ2n) is 6.51. The Morgan fingerprint density at radius 2 is 1.78 bits per heavy atom. The minimum atomic E-state index is -1.74. The van der Waals surface area contributed by atoms with Crippen LogP contribution in [0.1, 0.15) is 20.8 Å². The molecule has 0 saturated heterocycles. The second-order valence-corrected chi connectivity index (χ2v) is 11.2. The van der Waals surface area contributed by atoms with Crippen LogP contribution in [0.5, 0.6) is 5.75 Å². The lowest BCUT2D eigenvalue weighted by Crippen LogP contribution is -2.43. The van der Waals surface area contributed by atoms with E-state index in [0.29, 0.717) is 0 Å². The van der Waals surface area contributed by atoms with E-state index in [4.69, 9.17) is 4.43 Å². The van der Waals surface area contributed by atoms with Crippen molar-refractivity contribution in [1.29, 1.82) is 0 Å². The molecule has 1 heterocycles. The number of fused-ring (bicyclic) bond motifs is 1. The third-order valence-corrected chi connectivity index (χ3v) is 8.40. The van der Waals surface area contributed by atoms with Crippen molar-refractivity contribution in [1.82, 2.24) is 4.57 Å². The summed E-state index contributed by atoms with van der Waals surface area (Å²) in [5.41, 5.74) is 1.23. The van der Waals surface area contributed by atoms with E-state index in [-0.39, 0.29) is 5.04 Å². The molecule has 3 heteroatoms. The van der Waals surface area contributed by atoms with Crippen LogP contribution < -0.4 is 4.43 Å². The molecule has 0 unspecified atom stereocenters. The number of aromatic nitrogens is 1. The summed E-state index contributed by atoms with van der Waals surface area (Å²) in [6.07, 6.45) is 2.08. The van der Waals surface area contributed by atoms with Gasteiger partial charge in [-0.2, -0.15) is 0 Å². The van der Waals surface area contributed by atoms with E-state index in [9.17, 15) is 0 Å². The maximum Gasteiger partial charge on any atom is 0.250 e. The lowest BCUT2D eigenvalue weighted by molar-refractivity contribution is 0.492. The zero-order chi connectivity index (χ0) is 13.6. The van der Waals surface area contributed by atoms with Gasteiger partial charge in [0, 0.05) is 19.3 Å². The molecule has 0 aliphatic rings. The third-order valence-electron chi connectivity index (χ3n) is 4.04. The zero-order valence-corrected chi connectivity index (χ0v) is 13.2. The van der Waals surface area contributed by atoms with Gasteiger partial charge in [-0.3, -0.25) is 0 Å². The van der Waals surface area contributed by atoms with Crippen molar-refractivity contribution in [2.24, 2.45) is 7.05 Å². The van der Waals surface area contributed by atoms with E-state index < -0.39 is 8.32 Å². The largest absolute Gasteiger partial charge is 0.543 e. The number of aryl methyl sites for hydroxylation is 1. The van der Waals surface area contributed by atoms with E-state index in [1.807, 2.05) is 0 Å². The number of nitrogens with zero attached hydrogens (tertiary/aromatic N) is 1. The van der Waals surface area contributed by atoms with Crippen LogP contribution in [0.25, 0.3) is 10.9 Å². The van der Waals surface area contributed by atoms with Crippen LogP contribution in [0.3, 0.4) is 0 Å². The standard InChI is InChI=1S/C15H23NOSi/c1-15(2,3)18(5,6)17-13-8-7-12-9-10-16(4)14(12)11-13/h7-11H,1-6H3. The first kappa shape index (κ1) is 13.2. The van der Waals surface area contributed by atoms with E-state index in [1.54, 1.807) is 0 Å². The first-order valence-electron chi connectivity index (χ1n) is 6.45. The van der Waals surface area contributed by atoms with Crippen LogP contribution in [0, 0.1) is 0 Å². The fourth-order valence-electron chi connectivity index (χ4n) is 1.75. The summed E-state index contributed by atoms with van der Waals surface area (Å²) in [4.78, 5) is 0. The second kappa shape index (κ2) is 4.16. The quantitative estimate of drug-likeness (QED) is 0.723. The molecule has 2 aromatic rings. The molecule has 18 heavy (non-hydrogen) atoms. The first-order valence-corrected chi connectivity index (χ1v) is 9.36. The minimum absolute atomic E-state index is 0.232. The molecule has 0 N–H and O–H groups in total. The van der Waals surface area contributed by atoms with Gasteiger partial charge >= 0.3 is 0 Å². The number of hydrogen-bond acceptors (Lipinski definition) is 1. The smallest absolute Gasteiger partial charge is 0.250 e. The molecule has 0 radical (unpaired) electrons. The summed E-state index contributed by atoms with van der Waals surface area (Å²) < 4.78 is 8.46. The molecule has 0 bridgehead atoms. The zero-order valence-electron chi connectivity index (χ0n) is 12.2. The van der Waals surface area contributed by atoms with Crippen LogP contribution in [-0.2, 0) is 7.05 Å². The van der Waals surface area contributed by atoms with Crippen molar-refractivity contribution in [3.05, 3.63) is 30.5 Å². The van der Waals surface area contributed by atoms with Gasteiger partial charge < -0.3 is 8.99 Å². The van der Waals surface area contributed by atoms with Gasteiger partial charge in [0.1, 0.15) is 5.75 Å². The fraction of sp³-hybridized carbons (Fsp3) is 0.467. The van der Waals surface area contributed by atoms with Gasteiger partial charge in [-0.1, -0.05) is 20.8 Å². The fourth-order valence-corrected chi connectivity index (χ4v) is 2.78. The van der Waals surface area contributed by atoms with Crippen molar-refractivity contribution in [2.45, 2.75) is 38.9 Å². The summed E-state index contributed by atoms with van der Waals surface area (Å²) in [6.45, 7) is 11.4. The minimum Gasteiger partial charge on any atom is -0.543 e. The Hall–Kier alpha value is -1.22. The average Bonchev–Trinajstić information content (AvgIpc) is 2.58. The lowest BCUT2D eigenvalue weighted by atomic mass is 10.2. The molecule has 0 aliphatic carbocycles. The van der Waals surface area contributed by atoms with E-state index >= 15 is 0 Å². The van der Waals surface area contributed by atoms with E-state index in [2.05, 4.69) is 75.9 Å². The number of hydrogen-bond donors (Lipinski definition) is 0. The van der Waals surface area contributed by atoms with Gasteiger partial charge in [0.05, 0.1) is 5.52 Å². The molecule has 0 saturated carbocycles. The average molecular weight is 261 g/mol. The molecular weight excluding hydrogens is 238 g/mol. The molecule has 0 atom stereocenters. The van der Waals surface area contributed by atoms with Crippen LogP contribution in [0.2, 0.25) is 18.1 Å². The molecule has 2 rings (SSSR count). The van der Waals surface area contributed by atoms with Crippen molar-refractivity contribution in [2.75, 3.05) is 0 Å². The van der Waals surface area contributed by atoms with Crippen molar-refractivity contribution in [3.8, 4) is 5.75 Å². The maximum absolute atomic E-state index is 6.32. The van der Waals surface area contributed by atoms with E-state index in [0.717, 1.165) is 5.75 Å². The van der Waals surface area contributed by atoms with Gasteiger partial charge in [0.25, 0.3) is 0 Å². The van der Waals surface area contributed by atoms with Crippen LogP contribution in [-0.4, -0.2) is 12.9 Å². The molecule has 2 nitrogen and oxygen atoms in total. The third kappa shape index (κ3) is 2.32. The molecule has 0 fully saturated rings. The van der Waals surface area contributed by atoms with Gasteiger partial charge in [-0.25, -0.2) is 0 Å². The van der Waals surface area contributed by atoms with Crippen LogP contribution in [0.4, 0.5) is 0 Å². The lowest BCUT2D eigenvalue weighted by Gasteiger charge is -2.36. The van der Waals surface area contributed by atoms with Crippen molar-refractivity contribution < 1.29 is 4.43 Å². The highest BCUT2D eigenvalue weighted by molar-refractivity contribution is 6.74. The maximum atomic E-state index is 6.32. The predicted octanol–water partition coefficient (Wildman–Crippen LogP) is 4.56. The molecule has 0 amide bonds. The van der Waals surface area contributed by atoms with Crippen molar-refractivity contribution in [3.63, 3.8) is 0 Å². The van der Waals surface area contributed by atoms with Gasteiger partial charge in [0.2, 0.25) is 8.32 Å².